The van der Waals surface area contributed by atoms with E-state index in [1.807, 2.05) is 55.5 Å². The predicted molar refractivity (Wildman–Crippen MR) is 101 cm³/mol. The molecule has 134 valence electrons. The Morgan fingerprint density at radius 1 is 1.08 bits per heavy atom. The van der Waals surface area contributed by atoms with Gasteiger partial charge in [-0.25, -0.2) is 0 Å². The van der Waals surface area contributed by atoms with Crippen LogP contribution in [0.15, 0.2) is 71.3 Å². The third kappa shape index (κ3) is 4.90. The Bertz CT molecular complexity index is 847. The number of carbonyl (C=O) groups excluding carboxylic acids is 1. The Kier molecular flexibility index (Phi) is 5.97. The van der Waals surface area contributed by atoms with Crippen molar-refractivity contribution in [3.63, 3.8) is 0 Å². The summed E-state index contributed by atoms with van der Waals surface area (Å²) in [7, 11) is 0. The van der Waals surface area contributed by atoms with E-state index in [0.717, 1.165) is 16.9 Å². The predicted octanol–water partition coefficient (Wildman–Crippen LogP) is 4.85. The quantitative estimate of drug-likeness (QED) is 0.598. The van der Waals surface area contributed by atoms with Crippen molar-refractivity contribution >= 4 is 17.5 Å². The molecule has 0 radical (unpaired) electrons. The van der Waals surface area contributed by atoms with Crippen molar-refractivity contribution in [3.8, 4) is 5.75 Å². The Hall–Kier alpha value is -2.72. The molecule has 0 N–H and O–H groups in total. The van der Waals surface area contributed by atoms with Crippen molar-refractivity contribution in [3.05, 3.63) is 88.8 Å². The Morgan fingerprint density at radius 2 is 1.88 bits per heavy atom. The van der Waals surface area contributed by atoms with Gasteiger partial charge in [-0.1, -0.05) is 41.9 Å². The van der Waals surface area contributed by atoms with E-state index in [-0.39, 0.29) is 12.5 Å². The summed E-state index contributed by atoms with van der Waals surface area (Å²) in [6.45, 7) is 2.74. The summed E-state index contributed by atoms with van der Waals surface area (Å²) in [5.74, 6) is 1.27. The standard InChI is InChI=1S/C21H20ClNO3/c1-16-12-18(22)9-10-20(16)26-15-21(24)23(14-19-8-5-11-25-19)13-17-6-3-2-4-7-17/h2-12H,13-15H2,1H3. The highest BCUT2D eigenvalue weighted by molar-refractivity contribution is 6.30. The molecule has 0 aliphatic rings. The van der Waals surface area contributed by atoms with E-state index in [9.17, 15) is 4.79 Å². The van der Waals surface area contributed by atoms with Gasteiger partial charge in [0.1, 0.15) is 11.5 Å². The molecule has 26 heavy (non-hydrogen) atoms. The van der Waals surface area contributed by atoms with Crippen molar-refractivity contribution in [2.24, 2.45) is 0 Å². The zero-order chi connectivity index (χ0) is 18.4. The smallest absolute Gasteiger partial charge is 0.261 e. The van der Waals surface area contributed by atoms with E-state index in [0.29, 0.717) is 23.9 Å². The van der Waals surface area contributed by atoms with E-state index >= 15 is 0 Å². The monoisotopic (exact) mass is 369 g/mol. The van der Waals surface area contributed by atoms with Gasteiger partial charge in [0.15, 0.2) is 6.61 Å². The Labute approximate surface area is 158 Å². The molecule has 0 bridgehead atoms. The maximum Gasteiger partial charge on any atom is 0.261 e. The van der Waals surface area contributed by atoms with Crippen molar-refractivity contribution in [2.45, 2.75) is 20.0 Å². The number of rotatable bonds is 7. The number of benzene rings is 2. The number of halogens is 1. The number of ether oxygens (including phenoxy) is 1. The lowest BCUT2D eigenvalue weighted by atomic mass is 10.2. The topological polar surface area (TPSA) is 42.7 Å². The van der Waals surface area contributed by atoms with Crippen molar-refractivity contribution in [2.75, 3.05) is 6.61 Å². The molecule has 1 aromatic heterocycles. The fourth-order valence-electron chi connectivity index (χ4n) is 2.63. The van der Waals surface area contributed by atoms with Crippen LogP contribution >= 0.6 is 11.6 Å². The largest absolute Gasteiger partial charge is 0.483 e. The van der Waals surface area contributed by atoms with Crippen LogP contribution in [0.3, 0.4) is 0 Å². The molecule has 0 saturated heterocycles. The number of amides is 1. The minimum atomic E-state index is -0.111. The second-order valence-electron chi connectivity index (χ2n) is 6.01. The van der Waals surface area contributed by atoms with E-state index in [2.05, 4.69) is 0 Å². The minimum absolute atomic E-state index is 0.0456. The zero-order valence-electron chi connectivity index (χ0n) is 14.5. The Morgan fingerprint density at radius 3 is 2.58 bits per heavy atom. The fraction of sp³-hybridized carbons (Fsp3) is 0.190. The van der Waals surface area contributed by atoms with E-state index in [1.54, 1.807) is 23.3 Å². The first kappa shape index (κ1) is 18.1. The number of aryl methyl sites for hydroxylation is 1. The van der Waals surface area contributed by atoms with Crippen LogP contribution in [-0.2, 0) is 17.9 Å². The van der Waals surface area contributed by atoms with Crippen molar-refractivity contribution in [1.82, 2.24) is 4.90 Å². The molecule has 1 heterocycles. The molecular formula is C21H20ClNO3. The van der Waals surface area contributed by atoms with Crippen LogP contribution < -0.4 is 4.74 Å². The third-order valence-corrected chi connectivity index (χ3v) is 4.22. The molecule has 1 amide bonds. The lowest BCUT2D eigenvalue weighted by Gasteiger charge is -2.22. The van der Waals surface area contributed by atoms with Crippen LogP contribution in [0.2, 0.25) is 5.02 Å². The molecule has 0 fully saturated rings. The van der Waals surface area contributed by atoms with Gasteiger partial charge in [-0.15, -0.1) is 0 Å². The molecule has 0 aliphatic heterocycles. The minimum Gasteiger partial charge on any atom is -0.483 e. The summed E-state index contributed by atoms with van der Waals surface area (Å²) in [4.78, 5) is 14.5. The van der Waals surface area contributed by atoms with Gasteiger partial charge in [0.2, 0.25) is 0 Å². The van der Waals surface area contributed by atoms with Gasteiger partial charge < -0.3 is 14.1 Å². The average Bonchev–Trinajstić information content (AvgIpc) is 3.14. The molecule has 2 aromatic carbocycles. The van der Waals surface area contributed by atoms with Gasteiger partial charge in [-0.05, 0) is 48.4 Å². The first-order chi connectivity index (χ1) is 12.6. The molecule has 0 spiro atoms. The number of hydrogen-bond acceptors (Lipinski definition) is 3. The van der Waals surface area contributed by atoms with Gasteiger partial charge in [0, 0.05) is 11.6 Å². The molecule has 5 heteroatoms. The van der Waals surface area contributed by atoms with Gasteiger partial charge in [-0.3, -0.25) is 4.79 Å². The first-order valence-corrected chi connectivity index (χ1v) is 8.72. The van der Waals surface area contributed by atoms with E-state index < -0.39 is 0 Å². The lowest BCUT2D eigenvalue weighted by molar-refractivity contribution is -0.134. The molecule has 3 rings (SSSR count). The summed E-state index contributed by atoms with van der Waals surface area (Å²) in [5.41, 5.74) is 1.95. The molecule has 0 atom stereocenters. The maximum absolute atomic E-state index is 12.8. The van der Waals surface area contributed by atoms with Gasteiger partial charge >= 0.3 is 0 Å². The number of nitrogens with zero attached hydrogens (tertiary/aromatic N) is 1. The highest BCUT2D eigenvalue weighted by Gasteiger charge is 2.17. The molecular weight excluding hydrogens is 350 g/mol. The second-order valence-corrected chi connectivity index (χ2v) is 6.45. The average molecular weight is 370 g/mol. The summed E-state index contributed by atoms with van der Waals surface area (Å²) >= 11 is 5.96. The molecule has 4 nitrogen and oxygen atoms in total. The van der Waals surface area contributed by atoms with Gasteiger partial charge in [0.25, 0.3) is 5.91 Å². The van der Waals surface area contributed by atoms with Crippen LogP contribution in [0.25, 0.3) is 0 Å². The van der Waals surface area contributed by atoms with Gasteiger partial charge in [0.05, 0.1) is 12.8 Å². The highest BCUT2D eigenvalue weighted by Crippen LogP contribution is 2.22. The van der Waals surface area contributed by atoms with E-state index in [1.165, 1.54) is 0 Å². The third-order valence-electron chi connectivity index (χ3n) is 3.98. The first-order valence-electron chi connectivity index (χ1n) is 8.35. The summed E-state index contributed by atoms with van der Waals surface area (Å²) in [6.07, 6.45) is 1.61. The highest BCUT2D eigenvalue weighted by atomic mass is 35.5. The fourth-order valence-corrected chi connectivity index (χ4v) is 2.86. The molecule has 3 aromatic rings. The molecule has 0 saturated carbocycles. The summed E-state index contributed by atoms with van der Waals surface area (Å²) in [5, 5.41) is 0.643. The zero-order valence-corrected chi connectivity index (χ0v) is 15.3. The number of hydrogen-bond donors (Lipinski definition) is 0. The molecule has 0 aliphatic carbocycles. The van der Waals surface area contributed by atoms with Crippen LogP contribution in [0.1, 0.15) is 16.9 Å². The van der Waals surface area contributed by atoms with Crippen LogP contribution in [0.5, 0.6) is 5.75 Å². The number of carbonyl (C=O) groups is 1. The lowest BCUT2D eigenvalue weighted by Crippen LogP contribution is -2.34. The van der Waals surface area contributed by atoms with E-state index in [4.69, 9.17) is 20.8 Å². The van der Waals surface area contributed by atoms with Crippen LogP contribution in [0, 0.1) is 6.92 Å². The number of furan rings is 1. The van der Waals surface area contributed by atoms with Crippen LogP contribution in [0.4, 0.5) is 0 Å². The van der Waals surface area contributed by atoms with Crippen molar-refractivity contribution < 1.29 is 13.9 Å². The second kappa shape index (κ2) is 8.59. The van der Waals surface area contributed by atoms with Crippen LogP contribution in [-0.4, -0.2) is 17.4 Å². The summed E-state index contributed by atoms with van der Waals surface area (Å²) in [6, 6.07) is 18.9. The Balaban J connectivity index is 1.69. The summed E-state index contributed by atoms with van der Waals surface area (Å²) < 4.78 is 11.1. The maximum atomic E-state index is 12.8. The van der Waals surface area contributed by atoms with Gasteiger partial charge in [-0.2, -0.15) is 0 Å². The SMILES string of the molecule is Cc1cc(Cl)ccc1OCC(=O)N(Cc1ccccc1)Cc1ccco1. The normalized spacial score (nSPS) is 10.5. The van der Waals surface area contributed by atoms with Crippen molar-refractivity contribution in [1.29, 1.82) is 0 Å². The molecule has 0 unspecified atom stereocenters.